The average Bonchev–Trinajstić information content (AvgIpc) is 3.18. The van der Waals surface area contributed by atoms with Crippen LogP contribution in [0.25, 0.3) is 11.3 Å². The third-order valence-corrected chi connectivity index (χ3v) is 5.63. The van der Waals surface area contributed by atoms with Crippen LogP contribution in [0.2, 0.25) is 0 Å². The SMILES string of the molecule is N#CCC(=O)N1CCCC(n2nc(-c3ccc(Oc4ccccc4)cc3)c(C(N)=O)c2N)C1. The first-order valence-electron chi connectivity index (χ1n) is 10.6. The standard InChI is InChI=1S/C24H24N6O3/c25-13-12-20(31)29-14-4-5-17(15-29)30-23(26)21(24(27)32)22(28-30)16-8-10-19(11-9-16)33-18-6-2-1-3-7-18/h1-3,6-11,17H,4-5,12,14-15,26H2,(H2,27,32). The molecule has 0 bridgehead atoms. The second kappa shape index (κ2) is 9.44. The topological polar surface area (TPSA) is 140 Å². The molecule has 33 heavy (non-hydrogen) atoms. The quantitative estimate of drug-likeness (QED) is 0.599. The van der Waals surface area contributed by atoms with Crippen molar-refractivity contribution in [2.45, 2.75) is 25.3 Å². The summed E-state index contributed by atoms with van der Waals surface area (Å²) in [6.45, 7) is 0.949. The van der Waals surface area contributed by atoms with E-state index >= 15 is 0 Å². The minimum Gasteiger partial charge on any atom is -0.457 e. The zero-order valence-corrected chi connectivity index (χ0v) is 18.0. The summed E-state index contributed by atoms with van der Waals surface area (Å²) in [5.41, 5.74) is 13.1. The Balaban J connectivity index is 1.62. The summed E-state index contributed by atoms with van der Waals surface area (Å²) >= 11 is 0. The molecule has 1 aromatic heterocycles. The maximum atomic E-state index is 12.2. The molecular formula is C24H24N6O3. The predicted molar refractivity (Wildman–Crippen MR) is 122 cm³/mol. The fraction of sp³-hybridized carbons (Fsp3) is 0.250. The van der Waals surface area contributed by atoms with Crippen LogP contribution in [0.5, 0.6) is 11.5 Å². The Morgan fingerprint density at radius 1 is 1.12 bits per heavy atom. The number of aromatic nitrogens is 2. The number of amides is 2. The van der Waals surface area contributed by atoms with Crippen molar-refractivity contribution in [1.29, 1.82) is 5.26 Å². The number of nitrogens with zero attached hydrogens (tertiary/aromatic N) is 4. The molecule has 3 aromatic rings. The van der Waals surface area contributed by atoms with Gasteiger partial charge in [0.15, 0.2) is 0 Å². The fourth-order valence-electron chi connectivity index (χ4n) is 4.04. The van der Waals surface area contributed by atoms with Crippen molar-refractivity contribution in [3.05, 3.63) is 60.2 Å². The van der Waals surface area contributed by atoms with Crippen molar-refractivity contribution in [2.24, 2.45) is 5.73 Å². The Kier molecular flexibility index (Phi) is 6.26. The van der Waals surface area contributed by atoms with Gasteiger partial charge in [-0.1, -0.05) is 18.2 Å². The first-order chi connectivity index (χ1) is 16.0. The summed E-state index contributed by atoms with van der Waals surface area (Å²) in [5.74, 6) is 0.617. The van der Waals surface area contributed by atoms with Crippen molar-refractivity contribution in [2.75, 3.05) is 18.8 Å². The predicted octanol–water partition coefficient (Wildman–Crippen LogP) is 3.10. The van der Waals surface area contributed by atoms with Gasteiger partial charge < -0.3 is 21.1 Å². The lowest BCUT2D eigenvalue weighted by Gasteiger charge is -2.32. The van der Waals surface area contributed by atoms with E-state index in [1.807, 2.05) is 36.4 Å². The normalized spacial score (nSPS) is 15.6. The smallest absolute Gasteiger partial charge is 0.254 e. The Labute approximate surface area is 191 Å². The number of piperidine rings is 1. The number of hydrogen-bond acceptors (Lipinski definition) is 6. The van der Waals surface area contributed by atoms with Gasteiger partial charge in [0.05, 0.1) is 12.1 Å². The largest absolute Gasteiger partial charge is 0.457 e. The Bertz CT molecular complexity index is 1200. The Hall–Kier alpha value is -4.32. The van der Waals surface area contributed by atoms with Crippen LogP contribution in [-0.2, 0) is 4.79 Å². The van der Waals surface area contributed by atoms with E-state index in [2.05, 4.69) is 5.10 Å². The molecular weight excluding hydrogens is 420 g/mol. The summed E-state index contributed by atoms with van der Waals surface area (Å²) in [6.07, 6.45) is 1.31. The minimum atomic E-state index is -0.674. The number of likely N-dealkylation sites (tertiary alicyclic amines) is 1. The summed E-state index contributed by atoms with van der Waals surface area (Å²) in [7, 11) is 0. The van der Waals surface area contributed by atoms with E-state index in [1.165, 1.54) is 0 Å². The molecule has 0 spiro atoms. The maximum Gasteiger partial charge on any atom is 0.254 e. The Morgan fingerprint density at radius 2 is 1.82 bits per heavy atom. The highest BCUT2D eigenvalue weighted by atomic mass is 16.5. The Morgan fingerprint density at radius 3 is 2.48 bits per heavy atom. The maximum absolute atomic E-state index is 12.2. The summed E-state index contributed by atoms with van der Waals surface area (Å²) in [6, 6.07) is 18.2. The van der Waals surface area contributed by atoms with Crippen LogP contribution in [-0.4, -0.2) is 39.6 Å². The number of rotatable bonds is 6. The third kappa shape index (κ3) is 4.65. The lowest BCUT2D eigenvalue weighted by atomic mass is 10.0. The molecule has 1 fully saturated rings. The second-order valence-corrected chi connectivity index (χ2v) is 7.83. The molecule has 4 rings (SSSR count). The highest BCUT2D eigenvalue weighted by molar-refractivity contribution is 6.03. The molecule has 1 saturated heterocycles. The number of ether oxygens (including phenoxy) is 1. The van der Waals surface area contributed by atoms with E-state index in [9.17, 15) is 9.59 Å². The number of benzene rings is 2. The van der Waals surface area contributed by atoms with Crippen molar-refractivity contribution < 1.29 is 14.3 Å². The number of nitriles is 1. The molecule has 0 radical (unpaired) electrons. The van der Waals surface area contributed by atoms with E-state index in [0.29, 0.717) is 35.8 Å². The van der Waals surface area contributed by atoms with Gasteiger partial charge in [-0.15, -0.1) is 0 Å². The number of hydrogen-bond donors (Lipinski definition) is 2. The highest BCUT2D eigenvalue weighted by Gasteiger charge is 2.30. The first kappa shape index (κ1) is 21.9. The molecule has 0 aliphatic carbocycles. The van der Waals surface area contributed by atoms with Crippen molar-refractivity contribution in [3.63, 3.8) is 0 Å². The number of para-hydroxylation sites is 1. The molecule has 1 unspecified atom stereocenters. The average molecular weight is 444 g/mol. The number of carbonyl (C=O) groups excluding carboxylic acids is 2. The molecule has 9 heteroatoms. The molecule has 168 valence electrons. The van der Waals surface area contributed by atoms with Gasteiger partial charge >= 0.3 is 0 Å². The van der Waals surface area contributed by atoms with Crippen LogP contribution in [0.4, 0.5) is 5.82 Å². The molecule has 0 saturated carbocycles. The van der Waals surface area contributed by atoms with E-state index in [4.69, 9.17) is 21.5 Å². The van der Waals surface area contributed by atoms with Gasteiger partial charge in [0, 0.05) is 18.7 Å². The molecule has 2 heterocycles. The zero-order valence-electron chi connectivity index (χ0n) is 18.0. The van der Waals surface area contributed by atoms with Gasteiger partial charge in [-0.2, -0.15) is 10.4 Å². The highest BCUT2D eigenvalue weighted by Crippen LogP contribution is 2.33. The lowest BCUT2D eigenvalue weighted by Crippen LogP contribution is -2.41. The van der Waals surface area contributed by atoms with Gasteiger partial charge in [-0.25, -0.2) is 4.68 Å². The van der Waals surface area contributed by atoms with Crippen LogP contribution in [0.15, 0.2) is 54.6 Å². The first-order valence-corrected chi connectivity index (χ1v) is 10.6. The number of primary amides is 1. The van der Waals surface area contributed by atoms with Gasteiger partial charge in [0.2, 0.25) is 5.91 Å². The van der Waals surface area contributed by atoms with E-state index in [1.54, 1.807) is 33.8 Å². The zero-order chi connectivity index (χ0) is 23.4. The van der Waals surface area contributed by atoms with E-state index in [0.717, 1.165) is 12.8 Å². The van der Waals surface area contributed by atoms with Crippen LogP contribution < -0.4 is 16.2 Å². The fourth-order valence-corrected chi connectivity index (χ4v) is 4.04. The van der Waals surface area contributed by atoms with Gasteiger partial charge in [0.1, 0.15) is 35.0 Å². The van der Waals surface area contributed by atoms with E-state index in [-0.39, 0.29) is 29.8 Å². The second-order valence-electron chi connectivity index (χ2n) is 7.83. The summed E-state index contributed by atoms with van der Waals surface area (Å²) in [5, 5.41) is 13.5. The van der Waals surface area contributed by atoms with Crippen molar-refractivity contribution in [1.82, 2.24) is 14.7 Å². The lowest BCUT2D eigenvalue weighted by molar-refractivity contribution is -0.131. The van der Waals surface area contributed by atoms with E-state index < -0.39 is 5.91 Å². The van der Waals surface area contributed by atoms with Crippen molar-refractivity contribution in [3.8, 4) is 28.8 Å². The molecule has 1 atom stereocenters. The minimum absolute atomic E-state index is 0.146. The van der Waals surface area contributed by atoms with Gasteiger partial charge in [0.25, 0.3) is 5.91 Å². The summed E-state index contributed by atoms with van der Waals surface area (Å²) in [4.78, 5) is 26.1. The van der Waals surface area contributed by atoms with Crippen molar-refractivity contribution >= 4 is 17.6 Å². The van der Waals surface area contributed by atoms with Gasteiger partial charge in [-0.05, 0) is 49.2 Å². The number of carbonyl (C=O) groups is 2. The van der Waals surface area contributed by atoms with Crippen LogP contribution in [0.1, 0.15) is 35.7 Å². The number of nitrogens with two attached hydrogens (primary N) is 2. The summed E-state index contributed by atoms with van der Waals surface area (Å²) < 4.78 is 7.40. The molecule has 4 N–H and O–H groups in total. The van der Waals surface area contributed by atoms with Crippen LogP contribution in [0, 0.1) is 11.3 Å². The monoisotopic (exact) mass is 444 g/mol. The third-order valence-electron chi connectivity index (χ3n) is 5.63. The number of nitrogen functional groups attached to an aromatic ring is 1. The van der Waals surface area contributed by atoms with Gasteiger partial charge in [-0.3, -0.25) is 9.59 Å². The van der Waals surface area contributed by atoms with Crippen LogP contribution >= 0.6 is 0 Å². The molecule has 1 aliphatic heterocycles. The van der Waals surface area contributed by atoms with Crippen LogP contribution in [0.3, 0.4) is 0 Å². The number of anilines is 1. The molecule has 2 amide bonds. The molecule has 1 aliphatic rings. The molecule has 2 aromatic carbocycles. The molecule has 9 nitrogen and oxygen atoms in total.